The molecule has 0 amide bonds. The number of ether oxygens (including phenoxy) is 1. The van der Waals surface area contributed by atoms with E-state index in [4.69, 9.17) is 10.00 Å². The van der Waals surface area contributed by atoms with Crippen molar-refractivity contribution in [2.75, 3.05) is 6.61 Å². The Labute approximate surface area is 96.8 Å². The normalized spacial score (nSPS) is 37.5. The molecule has 0 heterocycles. The zero-order chi connectivity index (χ0) is 11.6. The van der Waals surface area contributed by atoms with Crippen LogP contribution in [0.15, 0.2) is 0 Å². The maximum absolute atomic E-state index is 11.6. The number of carbonyl (C=O) groups is 1. The average Bonchev–Trinajstić information content (AvgIpc) is 2.26. The van der Waals surface area contributed by atoms with E-state index in [2.05, 4.69) is 6.07 Å². The fourth-order valence-electron chi connectivity index (χ4n) is 3.21. The molecule has 3 nitrogen and oxygen atoms in total. The molecule has 0 N–H and O–H groups in total. The van der Waals surface area contributed by atoms with Crippen molar-refractivity contribution in [1.82, 2.24) is 0 Å². The summed E-state index contributed by atoms with van der Waals surface area (Å²) >= 11 is 0. The van der Waals surface area contributed by atoms with E-state index in [1.54, 1.807) is 0 Å². The molecule has 0 unspecified atom stereocenters. The van der Waals surface area contributed by atoms with Gasteiger partial charge in [0.25, 0.3) is 0 Å². The number of hydrogen-bond acceptors (Lipinski definition) is 3. The molecule has 0 radical (unpaired) electrons. The summed E-state index contributed by atoms with van der Waals surface area (Å²) in [5.41, 5.74) is 0.406. The van der Waals surface area contributed by atoms with Gasteiger partial charge >= 0.3 is 5.97 Å². The first-order valence-electron chi connectivity index (χ1n) is 6.25. The highest BCUT2D eigenvalue weighted by Crippen LogP contribution is 2.55. The van der Waals surface area contributed by atoms with Gasteiger partial charge in [-0.15, -0.1) is 0 Å². The maximum atomic E-state index is 11.6. The summed E-state index contributed by atoms with van der Waals surface area (Å²) in [5, 5.41) is 8.79. The van der Waals surface area contributed by atoms with E-state index in [-0.39, 0.29) is 17.8 Å². The molecule has 2 rings (SSSR count). The van der Waals surface area contributed by atoms with Crippen LogP contribution in [0.3, 0.4) is 0 Å². The topological polar surface area (TPSA) is 50.1 Å². The van der Waals surface area contributed by atoms with Crippen LogP contribution >= 0.6 is 0 Å². The predicted octanol–water partition coefficient (Wildman–Crippen LogP) is 2.66. The van der Waals surface area contributed by atoms with Gasteiger partial charge in [-0.05, 0) is 50.9 Å². The molecule has 0 atom stereocenters. The van der Waals surface area contributed by atoms with E-state index >= 15 is 0 Å². The van der Waals surface area contributed by atoms with Crippen molar-refractivity contribution in [3.8, 4) is 6.07 Å². The zero-order valence-corrected chi connectivity index (χ0v) is 9.87. The number of carbonyl (C=O) groups excluding carboxylic acids is 1. The molecule has 0 aromatic heterocycles. The van der Waals surface area contributed by atoms with Gasteiger partial charge in [0.1, 0.15) is 0 Å². The van der Waals surface area contributed by atoms with Gasteiger partial charge in [0.15, 0.2) is 0 Å². The lowest BCUT2D eigenvalue weighted by molar-refractivity contribution is -0.150. The minimum Gasteiger partial charge on any atom is -0.466 e. The molecule has 0 aromatic rings. The third-order valence-electron chi connectivity index (χ3n) is 4.21. The van der Waals surface area contributed by atoms with Crippen LogP contribution in [0.5, 0.6) is 0 Å². The standard InChI is InChI=1S/C13H19NO2/c1-2-16-12(15)11-3-5-13(6-4-11)7-10(8-13)9-14/h10-11H,2-8H2,1H3. The summed E-state index contributed by atoms with van der Waals surface area (Å²) in [7, 11) is 0. The van der Waals surface area contributed by atoms with Crippen LogP contribution in [0.4, 0.5) is 0 Å². The summed E-state index contributed by atoms with van der Waals surface area (Å²) in [6.07, 6.45) is 6.23. The quantitative estimate of drug-likeness (QED) is 0.673. The minimum atomic E-state index is -0.0199. The molecule has 2 saturated carbocycles. The highest BCUT2D eigenvalue weighted by molar-refractivity contribution is 5.72. The van der Waals surface area contributed by atoms with Crippen molar-refractivity contribution in [2.24, 2.45) is 17.3 Å². The van der Waals surface area contributed by atoms with Crippen LogP contribution < -0.4 is 0 Å². The average molecular weight is 221 g/mol. The second-order valence-electron chi connectivity index (χ2n) is 5.26. The number of nitrogens with zero attached hydrogens (tertiary/aromatic N) is 1. The summed E-state index contributed by atoms with van der Waals surface area (Å²) in [5.74, 6) is 0.374. The maximum Gasteiger partial charge on any atom is 0.308 e. The van der Waals surface area contributed by atoms with Crippen LogP contribution in [0, 0.1) is 28.6 Å². The SMILES string of the molecule is CCOC(=O)C1CCC2(CC1)CC(C#N)C2. The summed E-state index contributed by atoms with van der Waals surface area (Å²) < 4.78 is 5.05. The van der Waals surface area contributed by atoms with Crippen molar-refractivity contribution in [3.05, 3.63) is 0 Å². The summed E-state index contributed by atoms with van der Waals surface area (Å²) in [6.45, 7) is 2.34. The molecule has 16 heavy (non-hydrogen) atoms. The van der Waals surface area contributed by atoms with Crippen molar-refractivity contribution in [2.45, 2.75) is 45.4 Å². The van der Waals surface area contributed by atoms with Crippen LogP contribution in [-0.4, -0.2) is 12.6 Å². The van der Waals surface area contributed by atoms with E-state index < -0.39 is 0 Å². The van der Waals surface area contributed by atoms with Gasteiger partial charge in [-0.25, -0.2) is 0 Å². The molecule has 2 aliphatic carbocycles. The molecule has 0 bridgehead atoms. The molecule has 0 aliphatic heterocycles. The third kappa shape index (κ3) is 2.07. The van der Waals surface area contributed by atoms with Gasteiger partial charge in [0.05, 0.1) is 18.6 Å². The highest BCUT2D eigenvalue weighted by Gasteiger charge is 2.47. The highest BCUT2D eigenvalue weighted by atomic mass is 16.5. The Morgan fingerprint density at radius 2 is 2.06 bits per heavy atom. The lowest BCUT2D eigenvalue weighted by atomic mass is 9.55. The monoisotopic (exact) mass is 221 g/mol. The number of rotatable bonds is 2. The number of nitriles is 1. The number of esters is 1. The number of hydrogen-bond donors (Lipinski definition) is 0. The Kier molecular flexibility index (Phi) is 3.18. The Morgan fingerprint density at radius 1 is 1.44 bits per heavy atom. The molecular weight excluding hydrogens is 202 g/mol. The van der Waals surface area contributed by atoms with Crippen molar-refractivity contribution >= 4 is 5.97 Å². The van der Waals surface area contributed by atoms with Crippen LogP contribution in [0.1, 0.15) is 45.4 Å². The molecule has 0 saturated heterocycles. The largest absolute Gasteiger partial charge is 0.466 e. The molecule has 3 heteroatoms. The molecular formula is C13H19NO2. The van der Waals surface area contributed by atoms with Gasteiger partial charge < -0.3 is 4.74 Å². The third-order valence-corrected chi connectivity index (χ3v) is 4.21. The lowest BCUT2D eigenvalue weighted by Crippen LogP contribution is -2.41. The van der Waals surface area contributed by atoms with E-state index in [9.17, 15) is 4.79 Å². The first-order valence-corrected chi connectivity index (χ1v) is 6.25. The smallest absolute Gasteiger partial charge is 0.308 e. The fourth-order valence-corrected chi connectivity index (χ4v) is 3.21. The van der Waals surface area contributed by atoms with E-state index in [0.29, 0.717) is 12.0 Å². The van der Waals surface area contributed by atoms with Gasteiger partial charge in [-0.2, -0.15) is 5.26 Å². The van der Waals surface area contributed by atoms with Crippen LogP contribution in [0.2, 0.25) is 0 Å². The van der Waals surface area contributed by atoms with Crippen LogP contribution in [0.25, 0.3) is 0 Å². The first-order chi connectivity index (χ1) is 7.69. The molecule has 1 spiro atoms. The summed E-state index contributed by atoms with van der Waals surface area (Å²) in [4.78, 5) is 11.6. The predicted molar refractivity (Wildman–Crippen MR) is 59.4 cm³/mol. The second kappa shape index (κ2) is 4.45. The molecule has 0 aromatic carbocycles. The van der Waals surface area contributed by atoms with E-state index in [0.717, 1.165) is 38.5 Å². The van der Waals surface area contributed by atoms with E-state index in [1.807, 2.05) is 6.92 Å². The Morgan fingerprint density at radius 3 is 2.56 bits per heavy atom. The van der Waals surface area contributed by atoms with Gasteiger partial charge in [-0.1, -0.05) is 0 Å². The van der Waals surface area contributed by atoms with E-state index in [1.165, 1.54) is 0 Å². The second-order valence-corrected chi connectivity index (χ2v) is 5.26. The Hall–Kier alpha value is -1.04. The van der Waals surface area contributed by atoms with Gasteiger partial charge in [0, 0.05) is 5.92 Å². The molecule has 2 fully saturated rings. The van der Waals surface area contributed by atoms with Crippen molar-refractivity contribution in [1.29, 1.82) is 5.26 Å². The Balaban J connectivity index is 1.80. The molecule has 2 aliphatic rings. The fraction of sp³-hybridized carbons (Fsp3) is 0.846. The Bertz CT molecular complexity index is 302. The summed E-state index contributed by atoms with van der Waals surface area (Å²) in [6, 6.07) is 2.34. The molecule has 88 valence electrons. The van der Waals surface area contributed by atoms with Crippen molar-refractivity contribution in [3.63, 3.8) is 0 Å². The van der Waals surface area contributed by atoms with Gasteiger partial charge in [0.2, 0.25) is 0 Å². The lowest BCUT2D eigenvalue weighted by Gasteiger charge is -2.49. The minimum absolute atomic E-state index is 0.0199. The first kappa shape index (κ1) is 11.4. The van der Waals surface area contributed by atoms with Crippen molar-refractivity contribution < 1.29 is 9.53 Å². The van der Waals surface area contributed by atoms with Gasteiger partial charge in [-0.3, -0.25) is 4.79 Å². The zero-order valence-electron chi connectivity index (χ0n) is 9.87. The van der Waals surface area contributed by atoms with Crippen LogP contribution in [-0.2, 0) is 9.53 Å².